The Morgan fingerprint density at radius 2 is 1.91 bits per heavy atom. The highest BCUT2D eigenvalue weighted by Gasteiger charge is 2.23. The molecule has 160 valence electrons. The molecule has 4 aromatic rings. The number of likely N-dealkylation sites (tertiary alicyclic amines) is 1. The Morgan fingerprint density at radius 3 is 2.66 bits per heavy atom. The predicted molar refractivity (Wildman–Crippen MR) is 118 cm³/mol. The van der Waals surface area contributed by atoms with E-state index in [4.69, 9.17) is 5.26 Å². The molecule has 7 nitrogen and oxygen atoms in total. The van der Waals surface area contributed by atoms with Crippen molar-refractivity contribution in [2.75, 3.05) is 13.1 Å². The van der Waals surface area contributed by atoms with Gasteiger partial charge in [0.25, 0.3) is 5.91 Å². The first-order valence-corrected chi connectivity index (χ1v) is 10.6. The Labute approximate surface area is 184 Å². The third kappa shape index (κ3) is 3.52. The van der Waals surface area contributed by atoms with Crippen LogP contribution in [0.4, 0.5) is 4.39 Å². The number of halogens is 1. The van der Waals surface area contributed by atoms with E-state index >= 15 is 0 Å². The molecular weight excluding hydrogens is 407 g/mol. The number of benzene rings is 2. The first kappa shape index (κ1) is 19.9. The van der Waals surface area contributed by atoms with Crippen LogP contribution >= 0.6 is 0 Å². The summed E-state index contributed by atoms with van der Waals surface area (Å²) in [4.78, 5) is 19.6. The number of aryl methyl sites for hydroxylation is 1. The number of nitriles is 1. The van der Waals surface area contributed by atoms with Gasteiger partial charge in [0.15, 0.2) is 0 Å². The predicted octanol–water partition coefficient (Wildman–Crippen LogP) is 4.06. The monoisotopic (exact) mass is 428 g/mol. The van der Waals surface area contributed by atoms with Crippen molar-refractivity contribution in [2.24, 2.45) is 7.05 Å². The van der Waals surface area contributed by atoms with Crippen molar-refractivity contribution in [2.45, 2.75) is 19.3 Å². The fourth-order valence-electron chi connectivity index (χ4n) is 4.17. The lowest BCUT2D eigenvalue weighted by Crippen LogP contribution is -2.35. The summed E-state index contributed by atoms with van der Waals surface area (Å²) in [5.74, 6) is -0.314. The Balaban J connectivity index is 1.64. The highest BCUT2D eigenvalue weighted by molar-refractivity contribution is 5.93. The topological polar surface area (TPSA) is 79.7 Å². The minimum Gasteiger partial charge on any atom is -0.337 e. The summed E-state index contributed by atoms with van der Waals surface area (Å²) in [6.07, 6.45) is 6.72. The zero-order valence-corrected chi connectivity index (χ0v) is 17.6. The second-order valence-electron chi connectivity index (χ2n) is 8.02. The van der Waals surface area contributed by atoms with Crippen LogP contribution in [0.25, 0.3) is 28.0 Å². The standard InChI is InChI=1S/C24H21FN6O/c1-29-14-18-7-8-19(12-21(18)28-29)31-15-22(24(32)30-9-3-2-4-10-30)27-23(31)16-5-6-17(13-26)20(25)11-16/h5-8,11-12,14-15H,2-4,9-10H2,1H3. The number of aromatic nitrogens is 4. The van der Waals surface area contributed by atoms with E-state index < -0.39 is 5.82 Å². The molecular formula is C24H21FN6O. The van der Waals surface area contributed by atoms with Gasteiger partial charge in [-0.05, 0) is 55.7 Å². The van der Waals surface area contributed by atoms with Crippen LogP contribution in [0, 0.1) is 17.1 Å². The molecule has 0 unspecified atom stereocenters. The lowest BCUT2D eigenvalue weighted by Gasteiger charge is -2.25. The van der Waals surface area contributed by atoms with Gasteiger partial charge in [0, 0.05) is 49.2 Å². The van der Waals surface area contributed by atoms with Crippen molar-refractivity contribution in [3.8, 4) is 23.1 Å². The molecule has 0 atom stereocenters. The Hall–Kier alpha value is -3.99. The second-order valence-corrected chi connectivity index (χ2v) is 8.02. The summed E-state index contributed by atoms with van der Waals surface area (Å²) < 4.78 is 17.9. The average molecular weight is 428 g/mol. The van der Waals surface area contributed by atoms with Crippen LogP contribution in [0.1, 0.15) is 35.3 Å². The maximum absolute atomic E-state index is 14.4. The molecule has 5 rings (SSSR count). The zero-order valence-electron chi connectivity index (χ0n) is 17.6. The average Bonchev–Trinajstić information content (AvgIpc) is 3.41. The number of piperidine rings is 1. The quantitative estimate of drug-likeness (QED) is 0.493. The van der Waals surface area contributed by atoms with E-state index in [1.165, 1.54) is 12.1 Å². The Morgan fingerprint density at radius 1 is 1.09 bits per heavy atom. The first-order valence-electron chi connectivity index (χ1n) is 10.6. The number of carbonyl (C=O) groups is 1. The van der Waals surface area contributed by atoms with Crippen molar-refractivity contribution in [1.82, 2.24) is 24.2 Å². The van der Waals surface area contributed by atoms with Crippen LogP contribution in [0.3, 0.4) is 0 Å². The lowest BCUT2D eigenvalue weighted by molar-refractivity contribution is 0.0719. The summed E-state index contributed by atoms with van der Waals surface area (Å²) >= 11 is 0. The molecule has 1 saturated heterocycles. The molecule has 1 aliphatic heterocycles. The molecule has 1 fully saturated rings. The fourth-order valence-corrected chi connectivity index (χ4v) is 4.17. The van der Waals surface area contributed by atoms with Crippen LogP contribution in [0.2, 0.25) is 0 Å². The molecule has 0 aliphatic carbocycles. The number of rotatable bonds is 3. The van der Waals surface area contributed by atoms with Gasteiger partial charge in [0.1, 0.15) is 23.4 Å². The van der Waals surface area contributed by atoms with E-state index in [0.29, 0.717) is 30.2 Å². The fraction of sp³-hybridized carbons (Fsp3) is 0.250. The Kier molecular flexibility index (Phi) is 4.94. The summed E-state index contributed by atoms with van der Waals surface area (Å²) in [5, 5.41) is 14.5. The number of hydrogen-bond acceptors (Lipinski definition) is 4. The van der Waals surface area contributed by atoms with Gasteiger partial charge in [-0.2, -0.15) is 10.4 Å². The molecule has 0 saturated carbocycles. The molecule has 2 aromatic heterocycles. The van der Waals surface area contributed by atoms with E-state index in [9.17, 15) is 9.18 Å². The minimum absolute atomic E-state index is 0.0358. The van der Waals surface area contributed by atoms with Crippen molar-refractivity contribution >= 4 is 16.8 Å². The van der Waals surface area contributed by atoms with Gasteiger partial charge in [0.05, 0.1) is 11.1 Å². The number of nitrogens with zero attached hydrogens (tertiary/aromatic N) is 6. The van der Waals surface area contributed by atoms with E-state index in [0.717, 1.165) is 35.9 Å². The summed E-state index contributed by atoms with van der Waals surface area (Å²) in [7, 11) is 1.86. The molecule has 0 bridgehead atoms. The van der Waals surface area contributed by atoms with Crippen LogP contribution in [-0.4, -0.2) is 43.2 Å². The van der Waals surface area contributed by atoms with Crippen molar-refractivity contribution < 1.29 is 9.18 Å². The van der Waals surface area contributed by atoms with Gasteiger partial charge in [-0.1, -0.05) is 0 Å². The minimum atomic E-state index is -0.622. The first-order chi connectivity index (χ1) is 15.5. The number of imidazole rings is 1. The molecule has 1 amide bonds. The molecule has 0 N–H and O–H groups in total. The molecule has 8 heteroatoms. The maximum Gasteiger partial charge on any atom is 0.274 e. The molecule has 2 aromatic carbocycles. The molecule has 0 radical (unpaired) electrons. The summed E-state index contributed by atoms with van der Waals surface area (Å²) in [5.41, 5.74) is 2.33. The highest BCUT2D eigenvalue weighted by Crippen LogP contribution is 2.27. The van der Waals surface area contributed by atoms with Crippen LogP contribution < -0.4 is 0 Å². The van der Waals surface area contributed by atoms with Crippen molar-refractivity contribution in [3.05, 3.63) is 65.9 Å². The largest absolute Gasteiger partial charge is 0.337 e. The summed E-state index contributed by atoms with van der Waals surface area (Å²) in [6.45, 7) is 1.43. The van der Waals surface area contributed by atoms with E-state index in [1.54, 1.807) is 21.5 Å². The van der Waals surface area contributed by atoms with Crippen molar-refractivity contribution in [3.63, 3.8) is 0 Å². The molecule has 1 aliphatic rings. The van der Waals surface area contributed by atoms with Gasteiger partial charge >= 0.3 is 0 Å². The van der Waals surface area contributed by atoms with Gasteiger partial charge < -0.3 is 4.90 Å². The van der Waals surface area contributed by atoms with Crippen molar-refractivity contribution in [1.29, 1.82) is 5.26 Å². The SMILES string of the molecule is Cn1cc2ccc(-n3cc(C(=O)N4CCCCC4)nc3-c3ccc(C#N)c(F)c3)cc2n1. The number of amides is 1. The van der Waals surface area contributed by atoms with Crippen LogP contribution in [-0.2, 0) is 7.05 Å². The smallest absolute Gasteiger partial charge is 0.274 e. The van der Waals surface area contributed by atoms with Crippen LogP contribution in [0.15, 0.2) is 48.8 Å². The number of hydrogen-bond donors (Lipinski definition) is 0. The van der Waals surface area contributed by atoms with Gasteiger partial charge in [-0.15, -0.1) is 0 Å². The molecule has 0 spiro atoms. The number of carbonyl (C=O) groups excluding carboxylic acids is 1. The van der Waals surface area contributed by atoms with Gasteiger partial charge in [-0.25, -0.2) is 9.37 Å². The van der Waals surface area contributed by atoms with E-state index in [-0.39, 0.29) is 11.5 Å². The molecule has 32 heavy (non-hydrogen) atoms. The highest BCUT2D eigenvalue weighted by atomic mass is 19.1. The molecule has 3 heterocycles. The normalized spacial score (nSPS) is 14.0. The van der Waals surface area contributed by atoms with E-state index in [2.05, 4.69) is 10.1 Å². The number of fused-ring (bicyclic) bond motifs is 1. The Bertz CT molecular complexity index is 1370. The van der Waals surface area contributed by atoms with Gasteiger partial charge in [-0.3, -0.25) is 14.0 Å². The van der Waals surface area contributed by atoms with Crippen LogP contribution in [0.5, 0.6) is 0 Å². The zero-order chi connectivity index (χ0) is 22.2. The lowest BCUT2D eigenvalue weighted by atomic mass is 10.1. The second kappa shape index (κ2) is 7.93. The third-order valence-corrected chi connectivity index (χ3v) is 5.80. The van der Waals surface area contributed by atoms with Gasteiger partial charge in [0.2, 0.25) is 0 Å². The maximum atomic E-state index is 14.4. The van der Waals surface area contributed by atoms with E-state index in [1.807, 2.05) is 42.4 Å². The summed E-state index contributed by atoms with van der Waals surface area (Å²) in [6, 6.07) is 12.0. The third-order valence-electron chi connectivity index (χ3n) is 5.80.